The van der Waals surface area contributed by atoms with Crippen LogP contribution in [0, 0.1) is 5.41 Å². The minimum atomic E-state index is 0.147. The Kier molecular flexibility index (Phi) is 1.70. The van der Waals surface area contributed by atoms with E-state index in [1.54, 1.807) is 0 Å². The zero-order chi connectivity index (χ0) is 9.53. The highest BCUT2D eigenvalue weighted by molar-refractivity contribution is 5.32. The van der Waals surface area contributed by atoms with Crippen LogP contribution in [-0.4, -0.2) is 11.5 Å². The fraction of sp³-hybridized carbons (Fsp3) is 0.545. The maximum Gasteiger partial charge on any atom is 0.0483 e. The second-order valence-electron chi connectivity index (χ2n) is 4.56. The van der Waals surface area contributed by atoms with Crippen LogP contribution in [0.25, 0.3) is 0 Å². The van der Waals surface area contributed by atoms with Crippen molar-refractivity contribution in [3.8, 4) is 0 Å². The van der Waals surface area contributed by atoms with Crippen LogP contribution in [0.15, 0.2) is 24.4 Å². The van der Waals surface area contributed by atoms with Crippen molar-refractivity contribution in [3.63, 3.8) is 0 Å². The molecule has 0 aromatic carbocycles. The van der Waals surface area contributed by atoms with Gasteiger partial charge in [0, 0.05) is 23.9 Å². The molecule has 0 amide bonds. The lowest BCUT2D eigenvalue weighted by Gasteiger charge is -2.17. The monoisotopic (exact) mass is 176 g/mol. The summed E-state index contributed by atoms with van der Waals surface area (Å²) in [5.41, 5.74) is 7.47. The van der Waals surface area contributed by atoms with Crippen LogP contribution in [-0.2, 0) is 5.41 Å². The minimum Gasteiger partial charge on any atom is -0.330 e. The molecule has 0 aliphatic heterocycles. The highest BCUT2D eigenvalue weighted by atomic mass is 14.8. The third-order valence-corrected chi connectivity index (χ3v) is 3.42. The van der Waals surface area contributed by atoms with Crippen molar-refractivity contribution >= 4 is 0 Å². The molecule has 70 valence electrons. The summed E-state index contributed by atoms with van der Waals surface area (Å²) in [6.07, 6.45) is 3.01. The summed E-state index contributed by atoms with van der Waals surface area (Å²) in [6.45, 7) is 5.22. The molecule has 1 atom stereocenters. The number of aromatic nitrogens is 1. The van der Waals surface area contributed by atoms with Crippen molar-refractivity contribution in [3.05, 3.63) is 30.1 Å². The van der Waals surface area contributed by atoms with Gasteiger partial charge in [-0.3, -0.25) is 4.98 Å². The Labute approximate surface area is 79.2 Å². The third-order valence-electron chi connectivity index (χ3n) is 3.42. The van der Waals surface area contributed by atoms with Crippen LogP contribution in [0.3, 0.4) is 0 Å². The molecule has 1 aliphatic rings. The predicted molar refractivity (Wildman–Crippen MR) is 53.4 cm³/mol. The number of hydrogen-bond donors (Lipinski definition) is 1. The summed E-state index contributed by atoms with van der Waals surface area (Å²) < 4.78 is 0. The summed E-state index contributed by atoms with van der Waals surface area (Å²) in [4.78, 5) is 4.40. The SMILES string of the molecule is CC1(C)CC1(CN)c1ccccn1. The quantitative estimate of drug-likeness (QED) is 0.745. The number of rotatable bonds is 2. The van der Waals surface area contributed by atoms with Crippen molar-refractivity contribution in [2.24, 2.45) is 11.1 Å². The van der Waals surface area contributed by atoms with Gasteiger partial charge in [-0.05, 0) is 24.0 Å². The molecule has 1 aromatic rings. The van der Waals surface area contributed by atoms with Crippen LogP contribution in [0.5, 0.6) is 0 Å². The summed E-state index contributed by atoms with van der Waals surface area (Å²) in [5, 5.41) is 0. The Bertz CT molecular complexity index is 305. The van der Waals surface area contributed by atoms with Gasteiger partial charge in [0.1, 0.15) is 0 Å². The average molecular weight is 176 g/mol. The summed E-state index contributed by atoms with van der Waals surface area (Å²) in [7, 11) is 0. The lowest BCUT2D eigenvalue weighted by molar-refractivity contribution is 0.493. The van der Waals surface area contributed by atoms with Crippen molar-refractivity contribution in [1.82, 2.24) is 4.98 Å². The van der Waals surface area contributed by atoms with E-state index in [0.717, 1.165) is 12.1 Å². The molecule has 0 bridgehead atoms. The lowest BCUT2D eigenvalue weighted by atomic mass is 9.92. The van der Waals surface area contributed by atoms with Gasteiger partial charge < -0.3 is 5.73 Å². The second-order valence-corrected chi connectivity index (χ2v) is 4.56. The van der Waals surface area contributed by atoms with Crippen molar-refractivity contribution in [1.29, 1.82) is 0 Å². The van der Waals surface area contributed by atoms with Crippen LogP contribution in [0.1, 0.15) is 26.0 Å². The molecule has 2 rings (SSSR count). The second kappa shape index (κ2) is 2.55. The highest BCUT2D eigenvalue weighted by Gasteiger charge is 2.61. The number of pyridine rings is 1. The Morgan fingerprint density at radius 2 is 2.15 bits per heavy atom. The zero-order valence-corrected chi connectivity index (χ0v) is 8.25. The zero-order valence-electron chi connectivity index (χ0n) is 8.25. The first-order chi connectivity index (χ1) is 6.12. The molecule has 1 heterocycles. The van der Waals surface area contributed by atoms with Gasteiger partial charge in [0.05, 0.1) is 0 Å². The van der Waals surface area contributed by atoms with Gasteiger partial charge in [0.15, 0.2) is 0 Å². The van der Waals surface area contributed by atoms with Crippen LogP contribution < -0.4 is 5.73 Å². The largest absolute Gasteiger partial charge is 0.330 e. The third kappa shape index (κ3) is 1.09. The van der Waals surface area contributed by atoms with E-state index < -0.39 is 0 Å². The normalized spacial score (nSPS) is 30.1. The summed E-state index contributed by atoms with van der Waals surface area (Å²) >= 11 is 0. The van der Waals surface area contributed by atoms with E-state index in [1.807, 2.05) is 18.3 Å². The fourth-order valence-corrected chi connectivity index (χ4v) is 2.25. The molecular weight excluding hydrogens is 160 g/mol. The topological polar surface area (TPSA) is 38.9 Å². The van der Waals surface area contributed by atoms with Crippen molar-refractivity contribution in [2.45, 2.75) is 25.7 Å². The Morgan fingerprint density at radius 1 is 1.46 bits per heavy atom. The standard InChI is InChI=1S/C11H16N2/c1-10(2)7-11(10,8-12)9-5-3-4-6-13-9/h3-6H,7-8,12H2,1-2H3. The van der Waals surface area contributed by atoms with Gasteiger partial charge in [0.25, 0.3) is 0 Å². The van der Waals surface area contributed by atoms with E-state index in [0.29, 0.717) is 12.0 Å². The fourth-order valence-electron chi connectivity index (χ4n) is 2.25. The van der Waals surface area contributed by atoms with E-state index in [9.17, 15) is 0 Å². The lowest BCUT2D eigenvalue weighted by Crippen LogP contribution is -2.26. The van der Waals surface area contributed by atoms with Crippen LogP contribution in [0.4, 0.5) is 0 Å². The van der Waals surface area contributed by atoms with Crippen molar-refractivity contribution in [2.75, 3.05) is 6.54 Å². The Morgan fingerprint density at radius 3 is 2.54 bits per heavy atom. The molecule has 1 aromatic heterocycles. The van der Waals surface area contributed by atoms with E-state index in [4.69, 9.17) is 5.73 Å². The molecule has 2 heteroatoms. The molecule has 1 saturated carbocycles. The summed E-state index contributed by atoms with van der Waals surface area (Å²) in [5.74, 6) is 0. The van der Waals surface area contributed by atoms with Gasteiger partial charge in [0.2, 0.25) is 0 Å². The smallest absolute Gasteiger partial charge is 0.0483 e. The van der Waals surface area contributed by atoms with Gasteiger partial charge in [-0.2, -0.15) is 0 Å². The van der Waals surface area contributed by atoms with E-state index in [-0.39, 0.29) is 5.41 Å². The Hall–Kier alpha value is -0.890. The maximum atomic E-state index is 5.84. The predicted octanol–water partition coefficient (Wildman–Crippen LogP) is 1.71. The molecule has 1 unspecified atom stereocenters. The molecule has 13 heavy (non-hydrogen) atoms. The highest BCUT2D eigenvalue weighted by Crippen LogP contribution is 2.62. The van der Waals surface area contributed by atoms with Crippen LogP contribution >= 0.6 is 0 Å². The molecule has 1 aliphatic carbocycles. The first-order valence-electron chi connectivity index (χ1n) is 4.74. The summed E-state index contributed by atoms with van der Waals surface area (Å²) in [6, 6.07) is 6.07. The van der Waals surface area contributed by atoms with Crippen LogP contribution in [0.2, 0.25) is 0 Å². The average Bonchev–Trinajstić information content (AvgIpc) is 2.72. The van der Waals surface area contributed by atoms with Gasteiger partial charge >= 0.3 is 0 Å². The van der Waals surface area contributed by atoms with Crippen molar-refractivity contribution < 1.29 is 0 Å². The molecule has 2 N–H and O–H groups in total. The Balaban J connectivity index is 2.37. The molecule has 2 nitrogen and oxygen atoms in total. The molecule has 1 fully saturated rings. The first-order valence-corrected chi connectivity index (χ1v) is 4.74. The number of nitrogens with two attached hydrogens (primary N) is 1. The van der Waals surface area contributed by atoms with E-state index in [1.165, 1.54) is 0 Å². The van der Waals surface area contributed by atoms with Gasteiger partial charge in [-0.25, -0.2) is 0 Å². The first kappa shape index (κ1) is 8.70. The maximum absolute atomic E-state index is 5.84. The minimum absolute atomic E-state index is 0.147. The molecule has 0 saturated heterocycles. The van der Waals surface area contributed by atoms with E-state index in [2.05, 4.69) is 24.9 Å². The number of hydrogen-bond acceptors (Lipinski definition) is 2. The molecule has 0 spiro atoms. The van der Waals surface area contributed by atoms with Gasteiger partial charge in [-0.1, -0.05) is 19.9 Å². The van der Waals surface area contributed by atoms with Gasteiger partial charge in [-0.15, -0.1) is 0 Å². The van der Waals surface area contributed by atoms with E-state index >= 15 is 0 Å². The molecular formula is C11H16N2. The number of nitrogens with zero attached hydrogens (tertiary/aromatic N) is 1. The molecule has 0 radical (unpaired) electrons.